The summed E-state index contributed by atoms with van der Waals surface area (Å²) in [5.41, 5.74) is -10.4. The number of nitrogens with zero attached hydrogens (tertiary/aromatic N) is 9. The number of hydrogen-bond acceptors (Lipinski definition) is 15. The van der Waals surface area contributed by atoms with Crippen molar-refractivity contribution in [3.8, 4) is 18.2 Å². The fourth-order valence-electron chi connectivity index (χ4n) is 12.4. The molecule has 6 heterocycles. The zero-order valence-electron chi connectivity index (χ0n) is 52.7. The highest BCUT2D eigenvalue weighted by Gasteiger charge is 2.62. The van der Waals surface area contributed by atoms with Crippen molar-refractivity contribution in [2.24, 2.45) is 0 Å². The molecule has 102 heavy (non-hydrogen) atoms. The number of carbonyl (C=O) groups is 6. The molecule has 3 N–H and O–H groups in total. The van der Waals surface area contributed by atoms with Crippen molar-refractivity contribution in [2.45, 2.75) is 54.4 Å². The molecular formula is C66H48F12N12O9S3. The molecule has 6 aromatic carbocycles. The van der Waals surface area contributed by atoms with E-state index in [1.54, 1.807) is 0 Å². The topological polar surface area (TPSA) is 257 Å². The van der Waals surface area contributed by atoms with Gasteiger partial charge in [0.1, 0.15) is 17.5 Å². The van der Waals surface area contributed by atoms with Crippen molar-refractivity contribution < 1.29 is 95.7 Å². The molecule has 6 fully saturated rings. The number of hydrogen-bond donors (Lipinski definition) is 3. The maximum Gasteiger partial charge on any atom is 0.417 e. The average molecular weight is 1480 g/mol. The zero-order valence-corrected chi connectivity index (χ0v) is 55.2. The van der Waals surface area contributed by atoms with Crippen LogP contribution in [0.2, 0.25) is 0 Å². The molecule has 6 saturated heterocycles. The van der Waals surface area contributed by atoms with Crippen molar-refractivity contribution in [1.82, 2.24) is 16.0 Å². The molecule has 3 atom stereocenters. The predicted octanol–water partition coefficient (Wildman–Crippen LogP) is 10.1. The van der Waals surface area contributed by atoms with Crippen molar-refractivity contribution in [3.63, 3.8) is 0 Å². The van der Waals surface area contributed by atoms with Gasteiger partial charge in [0.25, 0.3) is 35.4 Å². The number of rotatable bonds is 9. The highest BCUT2D eigenvalue weighted by molar-refractivity contribution is 7.81. The first-order valence-electron chi connectivity index (χ1n) is 29.8. The molecule has 0 aliphatic carbocycles. The lowest BCUT2D eigenvalue weighted by Gasteiger charge is -2.31. The molecule has 0 aromatic heterocycles. The summed E-state index contributed by atoms with van der Waals surface area (Å²) in [6.45, 7) is 0.174. The van der Waals surface area contributed by atoms with Gasteiger partial charge in [0.2, 0.25) is 0 Å². The Labute approximate surface area is 585 Å². The summed E-state index contributed by atoms with van der Waals surface area (Å²) >= 11 is 16.5. The summed E-state index contributed by atoms with van der Waals surface area (Å²) in [6, 6.07) is 24.0. The molecule has 0 saturated carbocycles. The van der Waals surface area contributed by atoms with Gasteiger partial charge in [-0.25, -0.2) is 13.2 Å². The summed E-state index contributed by atoms with van der Waals surface area (Å²) in [5, 5.41) is 33.6. The van der Waals surface area contributed by atoms with Crippen LogP contribution < -0.4 is 45.3 Å². The van der Waals surface area contributed by atoms with Gasteiger partial charge in [-0.2, -0.15) is 55.3 Å². The minimum atomic E-state index is -4.84. The number of benzene rings is 6. The smallest absolute Gasteiger partial charge is 0.378 e. The summed E-state index contributed by atoms with van der Waals surface area (Å²) in [5.74, 6) is -6.45. The minimum absolute atomic E-state index is 0.121. The van der Waals surface area contributed by atoms with Gasteiger partial charge >= 0.3 is 18.5 Å². The second-order valence-electron chi connectivity index (χ2n) is 23.0. The third-order valence-electron chi connectivity index (χ3n) is 17.3. The third-order valence-corrected chi connectivity index (χ3v) is 18.4. The summed E-state index contributed by atoms with van der Waals surface area (Å²) < 4.78 is 182. The van der Waals surface area contributed by atoms with Crippen LogP contribution in [-0.4, -0.2) is 128 Å². The third kappa shape index (κ3) is 12.9. The number of anilines is 6. The van der Waals surface area contributed by atoms with Crippen LogP contribution in [0.3, 0.4) is 0 Å². The average Bonchev–Trinajstić information content (AvgIpc) is 1.54. The van der Waals surface area contributed by atoms with Crippen LogP contribution in [0.5, 0.6) is 0 Å². The number of halogens is 12. The number of carbonyl (C=O) groups excluding carboxylic acids is 6. The largest absolute Gasteiger partial charge is 0.417 e. The molecule has 0 radical (unpaired) electrons. The molecule has 6 aromatic rings. The predicted molar refractivity (Wildman–Crippen MR) is 350 cm³/mol. The number of alkyl halides is 9. The highest BCUT2D eigenvalue weighted by Crippen LogP contribution is 2.48. The quantitative estimate of drug-likeness (QED) is 0.0898. The van der Waals surface area contributed by atoms with E-state index in [2.05, 4.69) is 16.0 Å². The van der Waals surface area contributed by atoms with E-state index >= 15 is 0 Å². The first-order chi connectivity index (χ1) is 48.1. The lowest BCUT2D eigenvalue weighted by molar-refractivity contribution is -0.138. The van der Waals surface area contributed by atoms with Gasteiger partial charge in [-0.15, -0.1) is 0 Å². The Kier molecular flexibility index (Phi) is 20.3. The first kappa shape index (κ1) is 74.0. The Hall–Kier alpha value is -10.7. The molecule has 6 amide bonds. The van der Waals surface area contributed by atoms with E-state index in [4.69, 9.17) is 66.6 Å². The molecule has 12 rings (SSSR count). The number of thiocarbonyl (C=S) groups is 3. The van der Waals surface area contributed by atoms with Crippen molar-refractivity contribution in [3.05, 3.63) is 177 Å². The number of ether oxygens (including phenoxy) is 3. The Morgan fingerprint density at radius 1 is 0.412 bits per heavy atom. The van der Waals surface area contributed by atoms with E-state index in [9.17, 15) is 81.5 Å². The van der Waals surface area contributed by atoms with Crippen LogP contribution in [0.15, 0.2) is 109 Å². The van der Waals surface area contributed by atoms with Gasteiger partial charge < -0.3 is 44.9 Å². The minimum Gasteiger partial charge on any atom is -0.378 e. The van der Waals surface area contributed by atoms with Gasteiger partial charge in [-0.05, 0) is 146 Å². The molecule has 6 aliphatic heterocycles. The van der Waals surface area contributed by atoms with Crippen LogP contribution in [0.4, 0.5) is 86.8 Å². The van der Waals surface area contributed by atoms with E-state index in [-0.39, 0.29) is 125 Å². The van der Waals surface area contributed by atoms with Crippen LogP contribution in [0, 0.1) is 51.4 Å². The Morgan fingerprint density at radius 3 is 0.833 bits per heavy atom. The Bertz CT molecular complexity index is 4210. The zero-order chi connectivity index (χ0) is 74.5. The van der Waals surface area contributed by atoms with E-state index in [1.165, 1.54) is 109 Å². The van der Waals surface area contributed by atoms with E-state index in [0.717, 1.165) is 51.1 Å². The fraction of sp³-hybridized carbons (Fsp3) is 0.273. The van der Waals surface area contributed by atoms with Gasteiger partial charge in [-0.1, -0.05) is 0 Å². The van der Waals surface area contributed by atoms with E-state index < -0.39 is 121 Å². The molecule has 6 aliphatic rings. The molecule has 1 unspecified atom stereocenters. The second kappa shape index (κ2) is 28.0. The summed E-state index contributed by atoms with van der Waals surface area (Å²) in [7, 11) is 4.04. The van der Waals surface area contributed by atoms with Gasteiger partial charge in [-0.3, -0.25) is 43.5 Å². The summed E-state index contributed by atoms with van der Waals surface area (Å²) in [6.07, 6.45) is -14.0. The van der Waals surface area contributed by atoms with E-state index in [0.29, 0.717) is 18.2 Å². The Balaban J connectivity index is 0.000000165. The maximum atomic E-state index is 14.7. The standard InChI is InChI=1S/3C22H16F4N4O3S/c3*1-28-18(31)15-5-4-14(9-17(15)23)30-20(34)29(19(32)21(30)6-7-33-11-21)13-3-2-12(10-27)16(8-13)22(24,25)26/h3*2-5,8-9H,6-7,11H2,1H3,(H,28,31)/t2*21-;/m10./s1. The normalized spacial score (nSPS) is 20.2. The van der Waals surface area contributed by atoms with Crippen LogP contribution in [0.1, 0.15) is 83.7 Å². The van der Waals surface area contributed by atoms with Crippen LogP contribution >= 0.6 is 36.7 Å². The van der Waals surface area contributed by atoms with Crippen LogP contribution in [-0.2, 0) is 47.1 Å². The monoisotopic (exact) mass is 1480 g/mol. The van der Waals surface area contributed by atoms with E-state index in [1.807, 2.05) is 0 Å². The summed E-state index contributed by atoms with van der Waals surface area (Å²) in [4.78, 5) is 83.1. The number of amides is 6. The molecule has 0 bridgehead atoms. The SMILES string of the molecule is CNC(=O)c1ccc(N2C(=S)N(c3ccc(C#N)c(C(F)(F)F)c3)C(=O)C23CCOC3)cc1F.CNC(=O)c1ccc(N2C(=S)N(c3ccc(C#N)c(C(F)(F)F)c3)C(=O)[C@@]23CCOC3)cc1F.CNC(=O)c1ccc(N2C(=S)N(c3ccc(C#N)c(C(F)(F)F)c3)C(=O)[C@]23CCOC3)cc1F. The van der Waals surface area contributed by atoms with Crippen molar-refractivity contribution in [1.29, 1.82) is 15.8 Å². The van der Waals surface area contributed by atoms with Gasteiger partial charge in [0.15, 0.2) is 32.0 Å². The molecule has 36 heteroatoms. The lowest BCUT2D eigenvalue weighted by atomic mass is 9.95. The maximum absolute atomic E-state index is 14.7. The van der Waals surface area contributed by atoms with Crippen molar-refractivity contribution >= 4 is 122 Å². The molecule has 528 valence electrons. The molecular weight excluding hydrogens is 1430 g/mol. The van der Waals surface area contributed by atoms with Crippen molar-refractivity contribution in [2.75, 3.05) is 90.2 Å². The van der Waals surface area contributed by atoms with Gasteiger partial charge in [0, 0.05) is 77.3 Å². The first-order valence-corrected chi connectivity index (χ1v) is 31.1. The Morgan fingerprint density at radius 2 is 0.647 bits per heavy atom. The molecule has 3 spiro atoms. The van der Waals surface area contributed by atoms with Crippen LogP contribution in [0.25, 0.3) is 0 Å². The lowest BCUT2D eigenvalue weighted by Crippen LogP contribution is -2.50. The second-order valence-corrected chi connectivity index (χ2v) is 24.1. The highest BCUT2D eigenvalue weighted by atomic mass is 32.1. The number of nitriles is 3. The number of nitrogens with one attached hydrogen (secondary N) is 3. The fourth-order valence-corrected chi connectivity index (χ4v) is 13.8. The molecule has 21 nitrogen and oxygen atoms in total. The van der Waals surface area contributed by atoms with Gasteiger partial charge in [0.05, 0.1) is 105 Å².